The third-order valence-corrected chi connectivity index (χ3v) is 7.59. The fraction of sp³-hybridized carbons (Fsp3) is 0.607. The number of benzene rings is 1. The second kappa shape index (κ2) is 19.5. The average molecular weight is 569 g/mol. The van der Waals surface area contributed by atoms with Crippen molar-refractivity contribution in [1.82, 2.24) is 10.4 Å². The Morgan fingerprint density at radius 2 is 1.64 bits per heavy atom. The molecule has 0 aromatic heterocycles. The van der Waals surface area contributed by atoms with Crippen LogP contribution in [-0.2, 0) is 44.2 Å². The molecule has 0 fully saturated rings. The van der Waals surface area contributed by atoms with Crippen LogP contribution in [0.4, 0.5) is 0 Å². The first-order valence-electron chi connectivity index (χ1n) is 13.5. The van der Waals surface area contributed by atoms with Gasteiger partial charge in [-0.3, -0.25) is 19.0 Å². The van der Waals surface area contributed by atoms with Gasteiger partial charge in [-0.1, -0.05) is 54.8 Å². The Bertz CT molecular complexity index is 909. The van der Waals surface area contributed by atoms with E-state index in [-0.39, 0.29) is 25.0 Å². The van der Waals surface area contributed by atoms with Crippen LogP contribution in [0, 0.1) is 0 Å². The van der Waals surface area contributed by atoms with Crippen LogP contribution in [0.2, 0.25) is 0 Å². The summed E-state index contributed by atoms with van der Waals surface area (Å²) in [4.78, 5) is 40.4. The predicted molar refractivity (Wildman–Crippen MR) is 150 cm³/mol. The number of carbonyl (C=O) groups excluding carboxylic acids is 3. The van der Waals surface area contributed by atoms with Crippen molar-refractivity contribution in [1.29, 1.82) is 0 Å². The minimum absolute atomic E-state index is 0.00789. The van der Waals surface area contributed by atoms with Gasteiger partial charge >= 0.3 is 13.6 Å². The van der Waals surface area contributed by atoms with E-state index in [0.29, 0.717) is 38.0 Å². The van der Waals surface area contributed by atoms with Crippen LogP contribution in [0.5, 0.6) is 0 Å². The van der Waals surface area contributed by atoms with Crippen LogP contribution < -0.4 is 5.32 Å². The van der Waals surface area contributed by atoms with E-state index < -0.39 is 19.6 Å². The molecule has 11 heteroatoms. The molecular formula is C28H45N2O8P. The van der Waals surface area contributed by atoms with Gasteiger partial charge in [0.1, 0.15) is 12.6 Å². The van der Waals surface area contributed by atoms with Crippen molar-refractivity contribution in [3.05, 3.63) is 47.5 Å². The summed E-state index contributed by atoms with van der Waals surface area (Å²) in [6.07, 6.45) is 5.70. The summed E-state index contributed by atoms with van der Waals surface area (Å²) in [6.45, 7) is 9.75. The maximum atomic E-state index is 13.5. The summed E-state index contributed by atoms with van der Waals surface area (Å²) in [5, 5.41) is 3.76. The summed E-state index contributed by atoms with van der Waals surface area (Å²) in [5.74, 6) is -0.601. The van der Waals surface area contributed by atoms with Crippen molar-refractivity contribution in [3.63, 3.8) is 0 Å². The van der Waals surface area contributed by atoms with Crippen molar-refractivity contribution >= 4 is 26.4 Å². The van der Waals surface area contributed by atoms with Crippen molar-refractivity contribution in [2.24, 2.45) is 0 Å². The molecule has 0 heterocycles. The quantitative estimate of drug-likeness (QED) is 0.0508. The van der Waals surface area contributed by atoms with Gasteiger partial charge in [-0.15, -0.1) is 0 Å². The van der Waals surface area contributed by atoms with Crippen LogP contribution in [0.3, 0.4) is 0 Å². The molecule has 10 nitrogen and oxygen atoms in total. The van der Waals surface area contributed by atoms with Gasteiger partial charge in [0.25, 0.3) is 0 Å². The molecule has 1 rings (SSSR count). The highest BCUT2D eigenvalue weighted by Crippen LogP contribution is 2.52. The number of allylic oxidation sites excluding steroid dienone is 1. The fourth-order valence-electron chi connectivity index (χ4n) is 3.78. The third-order valence-electron chi connectivity index (χ3n) is 5.31. The van der Waals surface area contributed by atoms with Gasteiger partial charge < -0.3 is 19.1 Å². The van der Waals surface area contributed by atoms with E-state index in [0.717, 1.165) is 31.2 Å². The molecule has 39 heavy (non-hydrogen) atoms. The number of hydroxylamine groups is 2. The number of carbonyl (C=O) groups is 3. The molecule has 0 radical (unpaired) electrons. The van der Waals surface area contributed by atoms with Gasteiger partial charge in [0.2, 0.25) is 12.8 Å². The van der Waals surface area contributed by atoms with Gasteiger partial charge in [0.05, 0.1) is 25.0 Å². The Labute approximate surface area is 232 Å². The number of rotatable bonds is 22. The van der Waals surface area contributed by atoms with Crippen molar-refractivity contribution in [2.45, 2.75) is 91.6 Å². The summed E-state index contributed by atoms with van der Waals surface area (Å²) in [6, 6.07) is 8.61. The molecule has 0 saturated carbocycles. The third kappa shape index (κ3) is 15.6. The summed E-state index contributed by atoms with van der Waals surface area (Å²) >= 11 is 0. The Kier molecular flexibility index (Phi) is 17.3. The Balaban J connectivity index is 2.77. The number of amides is 2. The van der Waals surface area contributed by atoms with Gasteiger partial charge in [-0.25, -0.2) is 9.86 Å². The largest absolute Gasteiger partial charge is 0.464 e. The highest BCUT2D eigenvalue weighted by molar-refractivity contribution is 7.54. The van der Waals surface area contributed by atoms with Crippen LogP contribution in [-0.4, -0.2) is 61.4 Å². The molecular weight excluding hydrogens is 523 g/mol. The SMILES string of the molecule is CCOC(=O)C(C=C(CCCCCCN(C=O)OCc1ccccc1)CP(=O)(OC(C)C)OC(C)C)NC=O. The first-order valence-corrected chi connectivity index (χ1v) is 15.3. The fourth-order valence-corrected chi connectivity index (χ4v) is 6.03. The summed E-state index contributed by atoms with van der Waals surface area (Å²) in [7, 11) is -3.52. The molecule has 1 atom stereocenters. The number of hydrogen-bond donors (Lipinski definition) is 1. The first kappa shape index (κ1) is 34.5. The van der Waals surface area contributed by atoms with Crippen molar-refractivity contribution in [2.75, 3.05) is 19.3 Å². The molecule has 1 unspecified atom stereocenters. The second-order valence-corrected chi connectivity index (χ2v) is 11.5. The lowest BCUT2D eigenvalue weighted by Gasteiger charge is -2.24. The molecule has 0 bridgehead atoms. The lowest BCUT2D eigenvalue weighted by atomic mass is 10.0. The van der Waals surface area contributed by atoms with Crippen LogP contribution in [0.25, 0.3) is 0 Å². The van der Waals surface area contributed by atoms with E-state index >= 15 is 0 Å². The Morgan fingerprint density at radius 1 is 1.00 bits per heavy atom. The number of ether oxygens (including phenoxy) is 1. The molecule has 1 aromatic carbocycles. The maximum absolute atomic E-state index is 13.5. The van der Waals surface area contributed by atoms with Gasteiger partial charge in [0, 0.05) is 6.54 Å². The highest BCUT2D eigenvalue weighted by atomic mass is 31.2. The highest BCUT2D eigenvalue weighted by Gasteiger charge is 2.30. The topological polar surface area (TPSA) is 120 Å². The molecule has 0 saturated heterocycles. The van der Waals surface area contributed by atoms with Crippen LogP contribution >= 0.6 is 7.60 Å². The molecule has 0 aliphatic rings. The predicted octanol–water partition coefficient (Wildman–Crippen LogP) is 5.17. The number of hydrogen-bond acceptors (Lipinski definition) is 8. The lowest BCUT2D eigenvalue weighted by Crippen LogP contribution is -2.36. The summed E-state index contributed by atoms with van der Waals surface area (Å²) < 4.78 is 30.0. The van der Waals surface area contributed by atoms with E-state index in [9.17, 15) is 18.9 Å². The molecule has 0 aliphatic carbocycles. The van der Waals surface area contributed by atoms with Gasteiger partial charge in [-0.05, 0) is 59.4 Å². The molecule has 1 aromatic rings. The Hall–Kier alpha value is -2.52. The van der Waals surface area contributed by atoms with Crippen molar-refractivity contribution < 1.29 is 37.6 Å². The lowest BCUT2D eigenvalue weighted by molar-refractivity contribution is -0.177. The van der Waals surface area contributed by atoms with Crippen LogP contribution in [0.15, 0.2) is 42.0 Å². The van der Waals surface area contributed by atoms with E-state index in [1.807, 2.05) is 30.3 Å². The minimum atomic E-state index is -3.52. The monoisotopic (exact) mass is 568 g/mol. The van der Waals surface area contributed by atoms with E-state index in [2.05, 4.69) is 5.32 Å². The average Bonchev–Trinajstić information content (AvgIpc) is 2.87. The summed E-state index contributed by atoms with van der Waals surface area (Å²) in [5.41, 5.74) is 1.65. The second-order valence-electron chi connectivity index (χ2n) is 9.59. The van der Waals surface area contributed by atoms with Crippen molar-refractivity contribution in [3.8, 4) is 0 Å². The van der Waals surface area contributed by atoms with E-state index in [4.69, 9.17) is 18.6 Å². The Morgan fingerprint density at radius 3 is 2.21 bits per heavy atom. The standard InChI is InChI=1S/C28H45N2O8P/c1-6-35-28(33)27(29-21-31)18-26(20-39(34,37-23(2)3)38-24(4)5)16-10-7-8-13-17-30(22-32)36-19-25-14-11-9-12-15-25/h9,11-12,14-15,18,21-24,27H,6-8,10,13,16-17,19-20H2,1-5H3,(H,29,31). The zero-order valence-corrected chi connectivity index (χ0v) is 24.8. The van der Waals surface area contributed by atoms with Gasteiger partial charge in [-0.2, -0.15) is 0 Å². The van der Waals surface area contributed by atoms with Gasteiger partial charge in [0.15, 0.2) is 0 Å². The number of nitrogens with one attached hydrogen (secondary N) is 1. The molecule has 220 valence electrons. The first-order chi connectivity index (χ1) is 18.6. The smallest absolute Gasteiger partial charge is 0.335 e. The maximum Gasteiger partial charge on any atom is 0.335 e. The molecule has 2 amide bonds. The zero-order valence-electron chi connectivity index (χ0n) is 23.9. The molecule has 0 spiro atoms. The zero-order chi connectivity index (χ0) is 29.1. The normalized spacial score (nSPS) is 12.8. The molecule has 1 N–H and O–H groups in total. The molecule has 0 aliphatic heterocycles. The van der Waals surface area contributed by atoms with E-state index in [1.165, 1.54) is 5.06 Å². The number of nitrogens with zero attached hydrogens (tertiary/aromatic N) is 1. The van der Waals surface area contributed by atoms with E-state index in [1.54, 1.807) is 40.7 Å². The number of esters is 1. The number of unbranched alkanes of at least 4 members (excludes halogenated alkanes) is 3. The minimum Gasteiger partial charge on any atom is -0.464 e. The van der Waals surface area contributed by atoms with Crippen LogP contribution in [0.1, 0.15) is 72.3 Å².